The van der Waals surface area contributed by atoms with Crippen LogP contribution < -0.4 is 0 Å². The first kappa shape index (κ1) is 12.9. The van der Waals surface area contributed by atoms with E-state index in [1.807, 2.05) is 11.8 Å². The van der Waals surface area contributed by atoms with Crippen molar-refractivity contribution in [3.8, 4) is 0 Å². The molecule has 0 aliphatic heterocycles. The predicted octanol–water partition coefficient (Wildman–Crippen LogP) is 3.29. The lowest BCUT2D eigenvalue weighted by Gasteiger charge is -1.97. The molecule has 94 valence electrons. The Hall–Kier alpha value is -0.550. The average Bonchev–Trinajstić information content (AvgIpc) is 3.05. The summed E-state index contributed by atoms with van der Waals surface area (Å²) < 4.78 is 0. The monoisotopic (exact) mass is 271 g/mol. The maximum atomic E-state index is 10.6. The number of aromatic nitrogens is 1. The lowest BCUT2D eigenvalue weighted by atomic mass is 10.2. The van der Waals surface area contributed by atoms with Gasteiger partial charge in [0.05, 0.1) is 12.1 Å². The van der Waals surface area contributed by atoms with E-state index >= 15 is 0 Å². The molecule has 0 spiro atoms. The van der Waals surface area contributed by atoms with Gasteiger partial charge in [-0.2, -0.15) is 11.8 Å². The molecule has 1 aromatic heterocycles. The zero-order chi connectivity index (χ0) is 12.3. The van der Waals surface area contributed by atoms with Gasteiger partial charge in [0.2, 0.25) is 0 Å². The number of carboxylic acids is 1. The van der Waals surface area contributed by atoms with Crippen molar-refractivity contribution in [3.63, 3.8) is 0 Å². The maximum absolute atomic E-state index is 10.6. The van der Waals surface area contributed by atoms with Gasteiger partial charge in [-0.25, -0.2) is 4.98 Å². The molecule has 0 saturated heterocycles. The molecular weight excluding hydrogens is 254 g/mol. The van der Waals surface area contributed by atoms with Crippen molar-refractivity contribution in [2.24, 2.45) is 0 Å². The lowest BCUT2D eigenvalue weighted by molar-refractivity contribution is -0.136. The van der Waals surface area contributed by atoms with Crippen LogP contribution in [0.15, 0.2) is 0 Å². The van der Waals surface area contributed by atoms with Crippen LogP contribution in [0.2, 0.25) is 0 Å². The summed E-state index contributed by atoms with van der Waals surface area (Å²) >= 11 is 3.59. The summed E-state index contributed by atoms with van der Waals surface area (Å²) in [6.07, 6.45) is 3.33. The quantitative estimate of drug-likeness (QED) is 0.826. The molecule has 1 aliphatic rings. The van der Waals surface area contributed by atoms with Gasteiger partial charge in [0.25, 0.3) is 0 Å². The van der Waals surface area contributed by atoms with E-state index in [1.165, 1.54) is 28.4 Å². The number of carboxylic acid groups (broad SMARTS) is 1. The van der Waals surface area contributed by atoms with Gasteiger partial charge >= 0.3 is 5.97 Å². The van der Waals surface area contributed by atoms with E-state index in [0.29, 0.717) is 12.3 Å². The first-order chi connectivity index (χ1) is 8.20. The van der Waals surface area contributed by atoms with Crippen LogP contribution in [0.5, 0.6) is 0 Å². The van der Waals surface area contributed by atoms with Gasteiger partial charge in [-0.15, -0.1) is 11.3 Å². The molecule has 1 heterocycles. The Kier molecular flexibility index (Phi) is 4.45. The van der Waals surface area contributed by atoms with Gasteiger partial charge in [-0.3, -0.25) is 4.79 Å². The molecule has 0 unspecified atom stereocenters. The molecule has 0 radical (unpaired) electrons. The van der Waals surface area contributed by atoms with Crippen LogP contribution in [-0.2, 0) is 17.0 Å². The van der Waals surface area contributed by atoms with Crippen molar-refractivity contribution >= 4 is 29.1 Å². The van der Waals surface area contributed by atoms with Crippen LogP contribution >= 0.6 is 23.1 Å². The molecule has 1 saturated carbocycles. The first-order valence-corrected chi connectivity index (χ1v) is 7.95. The maximum Gasteiger partial charge on any atom is 0.303 e. The number of carbonyl (C=O) groups is 1. The average molecular weight is 271 g/mol. The van der Waals surface area contributed by atoms with E-state index in [0.717, 1.165) is 11.5 Å². The van der Waals surface area contributed by atoms with Crippen LogP contribution in [-0.4, -0.2) is 21.8 Å². The summed E-state index contributed by atoms with van der Waals surface area (Å²) in [7, 11) is 0. The molecule has 5 heteroatoms. The highest BCUT2D eigenvalue weighted by atomic mass is 32.2. The number of thiazole rings is 1. The molecule has 0 amide bonds. The Morgan fingerprint density at radius 1 is 1.59 bits per heavy atom. The normalized spacial score (nSPS) is 15.1. The van der Waals surface area contributed by atoms with Gasteiger partial charge in [0, 0.05) is 16.5 Å². The molecule has 2 rings (SSSR count). The number of hydrogen-bond acceptors (Lipinski definition) is 4. The summed E-state index contributed by atoms with van der Waals surface area (Å²) in [6.45, 7) is 2.14. The molecule has 1 N–H and O–H groups in total. The number of thioether (sulfide) groups is 1. The predicted molar refractivity (Wildman–Crippen MR) is 71.9 cm³/mol. The summed E-state index contributed by atoms with van der Waals surface area (Å²) in [4.78, 5) is 16.5. The van der Waals surface area contributed by atoms with Crippen molar-refractivity contribution in [2.45, 2.75) is 44.3 Å². The Labute approximate surface area is 110 Å². The largest absolute Gasteiger partial charge is 0.481 e. The van der Waals surface area contributed by atoms with Crippen molar-refractivity contribution in [1.82, 2.24) is 4.98 Å². The summed E-state index contributed by atoms with van der Waals surface area (Å²) in [5, 5.41) is 9.91. The third kappa shape index (κ3) is 3.71. The van der Waals surface area contributed by atoms with E-state index in [2.05, 4.69) is 6.92 Å². The zero-order valence-corrected chi connectivity index (χ0v) is 11.6. The molecule has 0 aromatic carbocycles. The fourth-order valence-corrected chi connectivity index (χ4v) is 3.62. The summed E-state index contributed by atoms with van der Waals surface area (Å²) in [5.41, 5.74) is 1.20. The molecule has 1 aromatic rings. The molecular formula is C12H17NO2S2. The lowest BCUT2D eigenvalue weighted by Crippen LogP contribution is -1.98. The van der Waals surface area contributed by atoms with Crippen LogP contribution in [0, 0.1) is 0 Å². The first-order valence-electron chi connectivity index (χ1n) is 5.98. The van der Waals surface area contributed by atoms with E-state index in [9.17, 15) is 4.79 Å². The second-order valence-electron chi connectivity index (χ2n) is 4.22. The van der Waals surface area contributed by atoms with Crippen LogP contribution in [0.3, 0.4) is 0 Å². The molecule has 0 bridgehead atoms. The van der Waals surface area contributed by atoms with Gasteiger partial charge < -0.3 is 5.11 Å². The number of aliphatic carboxylic acids is 1. The van der Waals surface area contributed by atoms with Gasteiger partial charge in [0.15, 0.2) is 0 Å². The SMILES string of the molecule is CCSCc1nc(C2CC2)c(CCC(=O)O)s1. The Morgan fingerprint density at radius 3 is 2.94 bits per heavy atom. The minimum atomic E-state index is -0.718. The third-order valence-corrected chi connectivity index (χ3v) is 4.93. The Morgan fingerprint density at radius 2 is 2.35 bits per heavy atom. The highest BCUT2D eigenvalue weighted by molar-refractivity contribution is 7.98. The van der Waals surface area contributed by atoms with E-state index < -0.39 is 5.97 Å². The molecule has 3 nitrogen and oxygen atoms in total. The zero-order valence-electron chi connectivity index (χ0n) is 9.94. The van der Waals surface area contributed by atoms with Crippen LogP contribution in [0.1, 0.15) is 47.7 Å². The smallest absolute Gasteiger partial charge is 0.303 e. The van der Waals surface area contributed by atoms with Crippen molar-refractivity contribution in [1.29, 1.82) is 0 Å². The third-order valence-electron chi connectivity index (χ3n) is 2.73. The van der Waals surface area contributed by atoms with E-state index in [1.54, 1.807) is 11.3 Å². The Bertz CT molecular complexity index is 399. The van der Waals surface area contributed by atoms with Crippen molar-refractivity contribution in [3.05, 3.63) is 15.6 Å². The summed E-state index contributed by atoms with van der Waals surface area (Å²) in [5.74, 6) is 1.97. The number of rotatable bonds is 7. The van der Waals surface area contributed by atoms with Crippen molar-refractivity contribution in [2.75, 3.05) is 5.75 Å². The van der Waals surface area contributed by atoms with Gasteiger partial charge in [-0.05, 0) is 25.0 Å². The fourth-order valence-electron chi connectivity index (χ4n) is 1.74. The topological polar surface area (TPSA) is 50.2 Å². The van der Waals surface area contributed by atoms with E-state index in [-0.39, 0.29) is 6.42 Å². The van der Waals surface area contributed by atoms with Gasteiger partial charge in [0.1, 0.15) is 5.01 Å². The number of nitrogens with zero attached hydrogens (tertiary/aromatic N) is 1. The highest BCUT2D eigenvalue weighted by Gasteiger charge is 2.29. The minimum Gasteiger partial charge on any atom is -0.481 e. The van der Waals surface area contributed by atoms with Crippen molar-refractivity contribution < 1.29 is 9.90 Å². The molecule has 1 fully saturated rings. The van der Waals surface area contributed by atoms with Gasteiger partial charge in [-0.1, -0.05) is 6.92 Å². The molecule has 17 heavy (non-hydrogen) atoms. The number of hydrogen-bond donors (Lipinski definition) is 1. The molecule has 0 atom stereocenters. The second kappa shape index (κ2) is 5.87. The molecule has 1 aliphatic carbocycles. The standard InChI is InChI=1S/C12H17NO2S2/c1-2-16-7-10-13-12(8-3-4-8)9(17-10)5-6-11(14)15/h8H,2-7H2,1H3,(H,14,15). The fraction of sp³-hybridized carbons (Fsp3) is 0.667. The highest BCUT2D eigenvalue weighted by Crippen LogP contribution is 2.43. The summed E-state index contributed by atoms with van der Waals surface area (Å²) in [6, 6.07) is 0. The van der Waals surface area contributed by atoms with Crippen LogP contribution in [0.4, 0.5) is 0 Å². The minimum absolute atomic E-state index is 0.224. The second-order valence-corrected chi connectivity index (χ2v) is 6.66. The van der Waals surface area contributed by atoms with E-state index in [4.69, 9.17) is 10.1 Å². The van der Waals surface area contributed by atoms with Crippen LogP contribution in [0.25, 0.3) is 0 Å². The number of aryl methyl sites for hydroxylation is 1. The Balaban J connectivity index is 2.05.